The maximum atomic E-state index is 12.0. The molecule has 0 bridgehead atoms. The minimum absolute atomic E-state index is 0.125. The highest BCUT2D eigenvalue weighted by Crippen LogP contribution is 2.18. The average Bonchev–Trinajstić information content (AvgIpc) is 3.08. The van der Waals surface area contributed by atoms with Gasteiger partial charge in [-0.25, -0.2) is 0 Å². The summed E-state index contributed by atoms with van der Waals surface area (Å²) in [5, 5.41) is 5.99. The van der Waals surface area contributed by atoms with Gasteiger partial charge in [-0.3, -0.25) is 4.79 Å². The molecule has 1 aromatic rings. The quantitative estimate of drug-likeness (QED) is 0.855. The second kappa shape index (κ2) is 7.58. The Morgan fingerprint density at radius 2 is 2.14 bits per heavy atom. The monoisotopic (exact) mass is 306 g/mol. The minimum atomic E-state index is -0.427. The lowest BCUT2D eigenvalue weighted by atomic mass is 10.2. The molecule has 0 saturated carbocycles. The molecule has 0 aliphatic carbocycles. The van der Waals surface area contributed by atoms with E-state index in [9.17, 15) is 4.79 Å². The number of morpholine rings is 1. The summed E-state index contributed by atoms with van der Waals surface area (Å²) in [6.45, 7) is 3.31. The molecule has 22 heavy (non-hydrogen) atoms. The summed E-state index contributed by atoms with van der Waals surface area (Å²) in [6, 6.07) is 7.37. The van der Waals surface area contributed by atoms with E-state index in [0.29, 0.717) is 19.8 Å². The van der Waals surface area contributed by atoms with Crippen molar-refractivity contribution in [2.24, 2.45) is 0 Å². The SMILES string of the molecule is O=C(Nc1ccc(OCC2CCCO2)cc1)C1CNCCO1. The Balaban J connectivity index is 1.47. The predicted molar refractivity (Wildman–Crippen MR) is 82.2 cm³/mol. The van der Waals surface area contributed by atoms with Gasteiger partial charge in [-0.2, -0.15) is 0 Å². The predicted octanol–water partition coefficient (Wildman–Crippen LogP) is 1.17. The molecule has 0 aromatic heterocycles. The van der Waals surface area contributed by atoms with Crippen LogP contribution < -0.4 is 15.4 Å². The fourth-order valence-electron chi connectivity index (χ4n) is 2.56. The molecule has 2 heterocycles. The number of benzene rings is 1. The van der Waals surface area contributed by atoms with E-state index in [1.165, 1.54) is 0 Å². The van der Waals surface area contributed by atoms with Crippen LogP contribution in [0, 0.1) is 0 Å². The standard InChI is InChI=1S/C16H22N2O4/c19-16(15-10-17-7-9-21-15)18-12-3-5-13(6-4-12)22-11-14-2-1-8-20-14/h3-6,14-15,17H,1-2,7-11H2,(H,18,19). The van der Waals surface area contributed by atoms with Crippen molar-refractivity contribution in [1.82, 2.24) is 5.32 Å². The van der Waals surface area contributed by atoms with Gasteiger partial charge in [0.2, 0.25) is 0 Å². The van der Waals surface area contributed by atoms with E-state index in [1.54, 1.807) is 0 Å². The summed E-state index contributed by atoms with van der Waals surface area (Å²) in [5.74, 6) is 0.657. The lowest BCUT2D eigenvalue weighted by Gasteiger charge is -2.22. The van der Waals surface area contributed by atoms with Crippen LogP contribution in [-0.4, -0.2) is 51.0 Å². The van der Waals surface area contributed by atoms with Crippen molar-refractivity contribution in [1.29, 1.82) is 0 Å². The average molecular weight is 306 g/mol. The zero-order valence-corrected chi connectivity index (χ0v) is 12.5. The third-order valence-corrected chi connectivity index (χ3v) is 3.80. The van der Waals surface area contributed by atoms with E-state index in [2.05, 4.69) is 10.6 Å². The van der Waals surface area contributed by atoms with Crippen LogP contribution in [0.1, 0.15) is 12.8 Å². The molecule has 3 rings (SSSR count). The van der Waals surface area contributed by atoms with Crippen LogP contribution in [0.3, 0.4) is 0 Å². The van der Waals surface area contributed by atoms with Crippen LogP contribution in [0.5, 0.6) is 5.75 Å². The van der Waals surface area contributed by atoms with E-state index >= 15 is 0 Å². The molecule has 1 amide bonds. The maximum absolute atomic E-state index is 12.0. The third kappa shape index (κ3) is 4.19. The second-order valence-corrected chi connectivity index (χ2v) is 5.52. The number of carbonyl (C=O) groups is 1. The third-order valence-electron chi connectivity index (χ3n) is 3.80. The zero-order valence-electron chi connectivity index (χ0n) is 12.5. The van der Waals surface area contributed by atoms with Gasteiger partial charge in [0.15, 0.2) is 0 Å². The zero-order chi connectivity index (χ0) is 15.2. The van der Waals surface area contributed by atoms with E-state index in [1.807, 2.05) is 24.3 Å². The molecule has 2 atom stereocenters. The Labute approximate surface area is 130 Å². The Morgan fingerprint density at radius 3 is 2.82 bits per heavy atom. The van der Waals surface area contributed by atoms with Crippen LogP contribution in [0.2, 0.25) is 0 Å². The molecule has 2 aliphatic rings. The van der Waals surface area contributed by atoms with Gasteiger partial charge < -0.3 is 24.8 Å². The smallest absolute Gasteiger partial charge is 0.254 e. The second-order valence-electron chi connectivity index (χ2n) is 5.52. The van der Waals surface area contributed by atoms with Gasteiger partial charge in [-0.15, -0.1) is 0 Å². The molecule has 2 N–H and O–H groups in total. The Hall–Kier alpha value is -1.63. The van der Waals surface area contributed by atoms with Crippen LogP contribution in [0.4, 0.5) is 5.69 Å². The molecule has 2 unspecified atom stereocenters. The first kappa shape index (κ1) is 15.3. The Bertz CT molecular complexity index is 479. The van der Waals surface area contributed by atoms with Gasteiger partial charge >= 0.3 is 0 Å². The van der Waals surface area contributed by atoms with Crippen LogP contribution in [0.25, 0.3) is 0 Å². The van der Waals surface area contributed by atoms with Crippen molar-refractivity contribution in [3.63, 3.8) is 0 Å². The van der Waals surface area contributed by atoms with Gasteiger partial charge in [-0.05, 0) is 37.1 Å². The first-order valence-electron chi connectivity index (χ1n) is 7.79. The molecule has 2 fully saturated rings. The van der Waals surface area contributed by atoms with Gasteiger partial charge in [0.05, 0.1) is 12.7 Å². The van der Waals surface area contributed by atoms with Gasteiger partial charge in [-0.1, -0.05) is 0 Å². The lowest BCUT2D eigenvalue weighted by molar-refractivity contribution is -0.128. The van der Waals surface area contributed by atoms with Gasteiger partial charge in [0.25, 0.3) is 5.91 Å². The number of amides is 1. The van der Waals surface area contributed by atoms with E-state index < -0.39 is 6.10 Å². The molecule has 0 spiro atoms. The lowest BCUT2D eigenvalue weighted by Crippen LogP contribution is -2.45. The highest BCUT2D eigenvalue weighted by atomic mass is 16.5. The van der Waals surface area contributed by atoms with Crippen molar-refractivity contribution in [2.75, 3.05) is 38.2 Å². The maximum Gasteiger partial charge on any atom is 0.254 e. The molecular weight excluding hydrogens is 284 g/mol. The fraction of sp³-hybridized carbons (Fsp3) is 0.562. The van der Waals surface area contributed by atoms with Gasteiger partial charge in [0.1, 0.15) is 18.5 Å². The number of ether oxygens (including phenoxy) is 3. The number of nitrogens with one attached hydrogen (secondary N) is 2. The topological polar surface area (TPSA) is 68.8 Å². The molecule has 120 valence electrons. The van der Waals surface area contributed by atoms with E-state index in [4.69, 9.17) is 14.2 Å². The number of carbonyl (C=O) groups excluding carboxylic acids is 1. The summed E-state index contributed by atoms with van der Waals surface area (Å²) < 4.78 is 16.6. The van der Waals surface area contributed by atoms with Crippen molar-refractivity contribution in [3.8, 4) is 5.75 Å². The van der Waals surface area contributed by atoms with Gasteiger partial charge in [0, 0.05) is 25.4 Å². The highest BCUT2D eigenvalue weighted by molar-refractivity contribution is 5.94. The first-order valence-corrected chi connectivity index (χ1v) is 7.79. The minimum Gasteiger partial charge on any atom is -0.491 e. The number of anilines is 1. The number of rotatable bonds is 5. The number of hydrogen-bond acceptors (Lipinski definition) is 5. The summed E-state index contributed by atoms with van der Waals surface area (Å²) in [4.78, 5) is 12.0. The van der Waals surface area contributed by atoms with Crippen molar-refractivity contribution in [3.05, 3.63) is 24.3 Å². The molecule has 6 nitrogen and oxygen atoms in total. The molecular formula is C16H22N2O4. The first-order chi connectivity index (χ1) is 10.8. The van der Waals surface area contributed by atoms with Crippen molar-refractivity contribution in [2.45, 2.75) is 25.0 Å². The van der Waals surface area contributed by atoms with E-state index in [0.717, 1.165) is 37.4 Å². The van der Waals surface area contributed by atoms with Crippen LogP contribution >= 0.6 is 0 Å². The molecule has 0 radical (unpaired) electrons. The van der Waals surface area contributed by atoms with Crippen LogP contribution in [-0.2, 0) is 14.3 Å². The number of hydrogen-bond donors (Lipinski definition) is 2. The Morgan fingerprint density at radius 1 is 1.27 bits per heavy atom. The molecule has 2 aliphatic heterocycles. The molecule has 1 aromatic carbocycles. The molecule has 6 heteroatoms. The highest BCUT2D eigenvalue weighted by Gasteiger charge is 2.21. The Kier molecular flexibility index (Phi) is 5.26. The van der Waals surface area contributed by atoms with Crippen LogP contribution in [0.15, 0.2) is 24.3 Å². The summed E-state index contributed by atoms with van der Waals surface area (Å²) >= 11 is 0. The molecule has 2 saturated heterocycles. The summed E-state index contributed by atoms with van der Waals surface area (Å²) in [7, 11) is 0. The van der Waals surface area contributed by atoms with E-state index in [-0.39, 0.29) is 12.0 Å². The summed E-state index contributed by atoms with van der Waals surface area (Å²) in [6.07, 6.45) is 1.94. The largest absolute Gasteiger partial charge is 0.491 e. The normalized spacial score (nSPS) is 24.9. The van der Waals surface area contributed by atoms with Crippen molar-refractivity contribution < 1.29 is 19.0 Å². The summed E-state index contributed by atoms with van der Waals surface area (Å²) in [5.41, 5.74) is 0.739. The van der Waals surface area contributed by atoms with Crippen molar-refractivity contribution >= 4 is 11.6 Å². The fourth-order valence-corrected chi connectivity index (χ4v) is 2.56.